The highest BCUT2D eigenvalue weighted by molar-refractivity contribution is 6.30. The summed E-state index contributed by atoms with van der Waals surface area (Å²) in [5.74, 6) is 0.0252. The van der Waals surface area contributed by atoms with Crippen LogP contribution in [0.4, 0.5) is 11.4 Å². The summed E-state index contributed by atoms with van der Waals surface area (Å²) in [5.41, 5.74) is 1.81. The number of halogens is 1. The van der Waals surface area contributed by atoms with Crippen LogP contribution in [0.2, 0.25) is 5.02 Å². The molecule has 0 unspecified atom stereocenters. The number of aromatic nitrogens is 1. The third kappa shape index (κ3) is 5.69. The Morgan fingerprint density at radius 3 is 2.48 bits per heavy atom. The predicted octanol–water partition coefficient (Wildman–Crippen LogP) is 3.19. The molecule has 1 aromatic heterocycles. The molecule has 7 heteroatoms. The van der Waals surface area contributed by atoms with Gasteiger partial charge in [-0.05, 0) is 36.8 Å². The summed E-state index contributed by atoms with van der Waals surface area (Å²) in [6.45, 7) is 2.95. The third-order valence-electron chi connectivity index (χ3n) is 4.56. The predicted molar refractivity (Wildman–Crippen MR) is 107 cm³/mol. The van der Waals surface area contributed by atoms with Gasteiger partial charge in [-0.2, -0.15) is 0 Å². The lowest BCUT2D eigenvalue weighted by Crippen LogP contribution is -2.48. The van der Waals surface area contributed by atoms with Gasteiger partial charge in [0.25, 0.3) is 0 Å². The van der Waals surface area contributed by atoms with Crippen molar-refractivity contribution in [2.75, 3.05) is 36.4 Å². The first-order valence-electron chi connectivity index (χ1n) is 9.10. The first kappa shape index (κ1) is 19.2. The SMILES string of the molecule is O=C(CCCC(=O)N1CCN(c2cccc(Cl)c2)CC1)Nc1ccncc1. The lowest BCUT2D eigenvalue weighted by molar-refractivity contribution is -0.131. The molecule has 142 valence electrons. The minimum absolute atomic E-state index is 0.0835. The second-order valence-electron chi connectivity index (χ2n) is 6.49. The van der Waals surface area contributed by atoms with E-state index in [4.69, 9.17) is 11.6 Å². The van der Waals surface area contributed by atoms with Crippen molar-refractivity contribution in [3.05, 3.63) is 53.8 Å². The van der Waals surface area contributed by atoms with Crippen molar-refractivity contribution in [3.63, 3.8) is 0 Å². The summed E-state index contributed by atoms with van der Waals surface area (Å²) in [4.78, 5) is 32.3. The molecule has 0 spiro atoms. The second kappa shape index (κ2) is 9.37. The molecular weight excluding hydrogens is 364 g/mol. The molecule has 3 rings (SSSR count). The summed E-state index contributed by atoms with van der Waals surface area (Å²) < 4.78 is 0. The van der Waals surface area contributed by atoms with Gasteiger partial charge in [0.05, 0.1) is 0 Å². The zero-order chi connectivity index (χ0) is 19.1. The van der Waals surface area contributed by atoms with E-state index in [1.54, 1.807) is 24.5 Å². The van der Waals surface area contributed by atoms with Crippen LogP contribution >= 0.6 is 11.6 Å². The van der Waals surface area contributed by atoms with E-state index in [9.17, 15) is 9.59 Å². The smallest absolute Gasteiger partial charge is 0.224 e. The summed E-state index contributed by atoms with van der Waals surface area (Å²) in [7, 11) is 0. The van der Waals surface area contributed by atoms with Gasteiger partial charge < -0.3 is 15.1 Å². The van der Waals surface area contributed by atoms with Crippen LogP contribution < -0.4 is 10.2 Å². The minimum atomic E-state index is -0.0835. The van der Waals surface area contributed by atoms with E-state index in [1.807, 2.05) is 29.2 Å². The van der Waals surface area contributed by atoms with Crippen LogP contribution in [0.5, 0.6) is 0 Å². The molecule has 2 aromatic rings. The minimum Gasteiger partial charge on any atom is -0.368 e. The summed E-state index contributed by atoms with van der Waals surface area (Å²) in [6.07, 6.45) is 4.52. The number of carbonyl (C=O) groups excluding carboxylic acids is 2. The molecule has 1 fully saturated rings. The largest absolute Gasteiger partial charge is 0.368 e. The molecule has 1 aliphatic heterocycles. The Kier molecular flexibility index (Phi) is 6.65. The quantitative estimate of drug-likeness (QED) is 0.828. The number of benzene rings is 1. The van der Waals surface area contributed by atoms with Crippen molar-refractivity contribution in [1.82, 2.24) is 9.88 Å². The van der Waals surface area contributed by atoms with Crippen LogP contribution in [0, 0.1) is 0 Å². The van der Waals surface area contributed by atoms with Crippen LogP contribution in [0.3, 0.4) is 0 Å². The Morgan fingerprint density at radius 1 is 1.04 bits per heavy atom. The number of hydrogen-bond donors (Lipinski definition) is 1. The summed E-state index contributed by atoms with van der Waals surface area (Å²) >= 11 is 6.05. The number of anilines is 2. The van der Waals surface area contributed by atoms with Crippen molar-refractivity contribution >= 4 is 34.8 Å². The fourth-order valence-electron chi connectivity index (χ4n) is 3.10. The number of rotatable bonds is 6. The van der Waals surface area contributed by atoms with Gasteiger partial charge in [0.2, 0.25) is 11.8 Å². The van der Waals surface area contributed by atoms with Gasteiger partial charge >= 0.3 is 0 Å². The first-order chi connectivity index (χ1) is 13.1. The molecule has 2 amide bonds. The molecule has 1 N–H and O–H groups in total. The summed E-state index contributed by atoms with van der Waals surface area (Å²) in [6, 6.07) is 11.2. The number of amides is 2. The number of nitrogens with one attached hydrogen (secondary N) is 1. The molecular formula is C20H23ClN4O2. The van der Waals surface area contributed by atoms with Crippen LogP contribution in [0.25, 0.3) is 0 Å². The Morgan fingerprint density at radius 2 is 1.78 bits per heavy atom. The molecule has 0 aliphatic carbocycles. The molecule has 1 saturated heterocycles. The van der Waals surface area contributed by atoms with E-state index < -0.39 is 0 Å². The molecule has 2 heterocycles. The normalized spacial score (nSPS) is 14.1. The number of nitrogens with zero attached hydrogens (tertiary/aromatic N) is 3. The lowest BCUT2D eigenvalue weighted by Gasteiger charge is -2.36. The van der Waals surface area contributed by atoms with Crippen LogP contribution in [0.1, 0.15) is 19.3 Å². The molecule has 1 aliphatic rings. The molecule has 6 nitrogen and oxygen atoms in total. The van der Waals surface area contributed by atoms with Crippen molar-refractivity contribution in [3.8, 4) is 0 Å². The fourth-order valence-corrected chi connectivity index (χ4v) is 3.29. The molecule has 0 atom stereocenters. The number of carbonyl (C=O) groups is 2. The van der Waals surface area contributed by atoms with Crippen LogP contribution in [-0.2, 0) is 9.59 Å². The highest BCUT2D eigenvalue weighted by Crippen LogP contribution is 2.21. The molecule has 1 aromatic carbocycles. The van der Waals surface area contributed by atoms with Gasteiger partial charge in [-0.25, -0.2) is 0 Å². The Labute approximate surface area is 164 Å². The van der Waals surface area contributed by atoms with Gasteiger partial charge in [0.15, 0.2) is 0 Å². The standard InChI is InChI=1S/C20H23ClN4O2/c21-16-3-1-4-18(15-16)24-11-13-25(14-12-24)20(27)6-2-5-19(26)23-17-7-9-22-10-8-17/h1,3-4,7-10,15H,2,5-6,11-14H2,(H,22,23,26). The van der Waals surface area contributed by atoms with Gasteiger partial charge in [0.1, 0.15) is 0 Å². The molecule has 0 saturated carbocycles. The average Bonchev–Trinajstić information content (AvgIpc) is 2.69. The van der Waals surface area contributed by atoms with Crippen molar-refractivity contribution in [2.45, 2.75) is 19.3 Å². The third-order valence-corrected chi connectivity index (χ3v) is 4.80. The Balaban J connectivity index is 1.37. The van der Waals surface area contributed by atoms with Gasteiger partial charge in [-0.1, -0.05) is 17.7 Å². The van der Waals surface area contributed by atoms with Gasteiger partial charge in [-0.3, -0.25) is 14.6 Å². The van der Waals surface area contributed by atoms with Crippen molar-refractivity contribution in [1.29, 1.82) is 0 Å². The van der Waals surface area contributed by atoms with E-state index in [0.717, 1.165) is 29.5 Å². The average molecular weight is 387 g/mol. The maximum atomic E-state index is 12.4. The number of hydrogen-bond acceptors (Lipinski definition) is 4. The summed E-state index contributed by atoms with van der Waals surface area (Å²) in [5, 5.41) is 3.52. The first-order valence-corrected chi connectivity index (χ1v) is 9.48. The zero-order valence-corrected chi connectivity index (χ0v) is 15.9. The fraction of sp³-hybridized carbons (Fsp3) is 0.350. The van der Waals surface area contributed by atoms with Gasteiger partial charge in [0, 0.05) is 67.8 Å². The van der Waals surface area contributed by atoms with E-state index >= 15 is 0 Å². The maximum Gasteiger partial charge on any atom is 0.224 e. The van der Waals surface area contributed by atoms with E-state index in [2.05, 4.69) is 15.2 Å². The molecule has 0 radical (unpaired) electrons. The topological polar surface area (TPSA) is 65.5 Å². The van der Waals surface area contributed by atoms with Crippen molar-refractivity contribution < 1.29 is 9.59 Å². The number of pyridine rings is 1. The highest BCUT2D eigenvalue weighted by atomic mass is 35.5. The Bertz CT molecular complexity index is 777. The zero-order valence-electron chi connectivity index (χ0n) is 15.1. The van der Waals surface area contributed by atoms with Crippen LogP contribution in [-0.4, -0.2) is 47.9 Å². The van der Waals surface area contributed by atoms with Crippen molar-refractivity contribution in [2.24, 2.45) is 0 Å². The van der Waals surface area contributed by atoms with Crippen LogP contribution in [0.15, 0.2) is 48.8 Å². The monoisotopic (exact) mass is 386 g/mol. The number of piperazine rings is 1. The van der Waals surface area contributed by atoms with E-state index in [-0.39, 0.29) is 11.8 Å². The molecule has 27 heavy (non-hydrogen) atoms. The van der Waals surface area contributed by atoms with E-state index in [0.29, 0.717) is 32.4 Å². The molecule has 0 bridgehead atoms. The van der Waals surface area contributed by atoms with Gasteiger partial charge in [-0.15, -0.1) is 0 Å². The highest BCUT2D eigenvalue weighted by Gasteiger charge is 2.21. The van der Waals surface area contributed by atoms with E-state index in [1.165, 1.54) is 0 Å². The Hall–Kier alpha value is -2.60. The lowest BCUT2D eigenvalue weighted by atomic mass is 10.2. The maximum absolute atomic E-state index is 12.4. The second-order valence-corrected chi connectivity index (χ2v) is 6.92.